The molecule has 0 aromatic heterocycles. The minimum absolute atomic E-state index is 0.0202. The summed E-state index contributed by atoms with van der Waals surface area (Å²) >= 11 is 0. The van der Waals surface area contributed by atoms with Gasteiger partial charge in [-0.1, -0.05) is 48.5 Å². The van der Waals surface area contributed by atoms with E-state index in [0.717, 1.165) is 27.2 Å². The number of aliphatic hydroxyl groups excluding tert-OH is 1. The number of carbonyl (C=O) groups excluding carboxylic acids is 1. The fourth-order valence-electron chi connectivity index (χ4n) is 4.09. The summed E-state index contributed by atoms with van der Waals surface area (Å²) in [7, 11) is 0. The van der Waals surface area contributed by atoms with Gasteiger partial charge in [-0.2, -0.15) is 0 Å². The molecule has 2 aromatic carbocycles. The second-order valence-electron chi connectivity index (χ2n) is 7.04. The topological polar surface area (TPSA) is 87.1 Å². The van der Waals surface area contributed by atoms with Gasteiger partial charge in [0.15, 0.2) is 0 Å². The lowest BCUT2D eigenvalue weighted by atomic mass is 9.98. The number of likely N-dealkylation sites (tertiary alicyclic amines) is 1. The van der Waals surface area contributed by atoms with Gasteiger partial charge in [0.05, 0.1) is 12.6 Å². The molecule has 1 amide bonds. The number of hydrogen-bond donors (Lipinski definition) is 2. The molecule has 0 bridgehead atoms. The van der Waals surface area contributed by atoms with E-state index in [2.05, 4.69) is 12.1 Å². The molecule has 2 aromatic rings. The Kier molecular flexibility index (Phi) is 4.58. The summed E-state index contributed by atoms with van der Waals surface area (Å²) in [6.07, 6.45) is -0.825. The van der Waals surface area contributed by atoms with E-state index in [1.807, 2.05) is 36.4 Å². The molecule has 140 valence electrons. The number of amides is 1. The number of aliphatic hydroxyl groups is 1. The van der Waals surface area contributed by atoms with Crippen molar-refractivity contribution in [3.05, 3.63) is 59.7 Å². The molecule has 6 heteroatoms. The highest BCUT2D eigenvalue weighted by Crippen LogP contribution is 2.44. The first-order chi connectivity index (χ1) is 13.1. The third-order valence-corrected chi connectivity index (χ3v) is 5.41. The Morgan fingerprint density at radius 3 is 2.19 bits per heavy atom. The molecule has 4 rings (SSSR count). The van der Waals surface area contributed by atoms with Crippen LogP contribution in [0.2, 0.25) is 0 Å². The third kappa shape index (κ3) is 3.17. The standard InChI is InChI=1S/C21H21NO5/c23-13-9-10-19(20(24)25)22(11-13)21(26)27-12-18-16-7-3-1-5-14(16)15-6-2-4-8-17(15)18/h1-8,13,18-19,23H,9-12H2,(H,24,25)/t13-,19-/m1/s1. The van der Waals surface area contributed by atoms with Gasteiger partial charge in [-0.05, 0) is 35.1 Å². The van der Waals surface area contributed by atoms with Crippen LogP contribution < -0.4 is 0 Å². The largest absolute Gasteiger partial charge is 0.480 e. The number of carboxylic acids is 1. The molecule has 1 heterocycles. The molecule has 0 radical (unpaired) electrons. The monoisotopic (exact) mass is 367 g/mol. The van der Waals surface area contributed by atoms with Crippen LogP contribution in [0.3, 0.4) is 0 Å². The van der Waals surface area contributed by atoms with Crippen molar-refractivity contribution in [2.24, 2.45) is 0 Å². The number of nitrogens with zero attached hydrogens (tertiary/aromatic N) is 1. The van der Waals surface area contributed by atoms with Crippen molar-refractivity contribution in [2.75, 3.05) is 13.2 Å². The van der Waals surface area contributed by atoms with Crippen LogP contribution in [0.1, 0.15) is 29.9 Å². The van der Waals surface area contributed by atoms with Crippen LogP contribution in [-0.2, 0) is 9.53 Å². The average Bonchev–Trinajstić information content (AvgIpc) is 3.00. The quantitative estimate of drug-likeness (QED) is 0.871. The van der Waals surface area contributed by atoms with E-state index in [4.69, 9.17) is 4.74 Å². The van der Waals surface area contributed by atoms with Crippen molar-refractivity contribution in [1.82, 2.24) is 4.90 Å². The molecule has 2 aliphatic rings. The molecule has 2 N–H and O–H groups in total. The molecule has 2 atom stereocenters. The summed E-state index contributed by atoms with van der Waals surface area (Å²) < 4.78 is 5.52. The van der Waals surface area contributed by atoms with Crippen LogP contribution >= 0.6 is 0 Å². The van der Waals surface area contributed by atoms with Crippen molar-refractivity contribution in [3.63, 3.8) is 0 Å². The van der Waals surface area contributed by atoms with Crippen molar-refractivity contribution >= 4 is 12.1 Å². The summed E-state index contributed by atoms with van der Waals surface area (Å²) in [5.74, 6) is -1.16. The Morgan fingerprint density at radius 2 is 1.59 bits per heavy atom. The lowest BCUT2D eigenvalue weighted by Gasteiger charge is -2.34. The second kappa shape index (κ2) is 7.04. The van der Waals surface area contributed by atoms with Crippen LogP contribution in [0.4, 0.5) is 4.79 Å². The average molecular weight is 367 g/mol. The summed E-state index contributed by atoms with van der Waals surface area (Å²) in [5.41, 5.74) is 4.46. The molecule has 27 heavy (non-hydrogen) atoms. The minimum Gasteiger partial charge on any atom is -0.480 e. The van der Waals surface area contributed by atoms with Crippen LogP contribution in [0, 0.1) is 0 Å². The third-order valence-electron chi connectivity index (χ3n) is 5.41. The van der Waals surface area contributed by atoms with E-state index in [-0.39, 0.29) is 25.5 Å². The SMILES string of the molecule is O=C(O)[C@H]1CC[C@@H](O)CN1C(=O)OCC1c2ccccc2-c2ccccc21. The van der Waals surface area contributed by atoms with Gasteiger partial charge >= 0.3 is 12.1 Å². The van der Waals surface area contributed by atoms with Gasteiger partial charge in [0, 0.05) is 5.92 Å². The Balaban J connectivity index is 1.53. The van der Waals surface area contributed by atoms with Gasteiger partial charge in [-0.3, -0.25) is 4.90 Å². The highest BCUT2D eigenvalue weighted by atomic mass is 16.6. The van der Waals surface area contributed by atoms with Gasteiger partial charge < -0.3 is 14.9 Å². The lowest BCUT2D eigenvalue weighted by Crippen LogP contribution is -2.52. The predicted molar refractivity (Wildman–Crippen MR) is 98.4 cm³/mol. The van der Waals surface area contributed by atoms with E-state index in [1.165, 1.54) is 0 Å². The van der Waals surface area contributed by atoms with Gasteiger partial charge in [-0.25, -0.2) is 9.59 Å². The van der Waals surface area contributed by atoms with E-state index >= 15 is 0 Å². The highest BCUT2D eigenvalue weighted by molar-refractivity contribution is 5.81. The maximum atomic E-state index is 12.6. The molecule has 0 saturated carbocycles. The number of rotatable bonds is 3. The van der Waals surface area contributed by atoms with E-state index in [1.54, 1.807) is 0 Å². The number of benzene rings is 2. The zero-order valence-electron chi connectivity index (χ0n) is 14.7. The number of ether oxygens (including phenoxy) is 1. The second-order valence-corrected chi connectivity index (χ2v) is 7.04. The molecule has 1 aliphatic carbocycles. The van der Waals surface area contributed by atoms with Gasteiger partial charge in [0.25, 0.3) is 0 Å². The fourth-order valence-corrected chi connectivity index (χ4v) is 4.09. The van der Waals surface area contributed by atoms with Crippen molar-refractivity contribution in [1.29, 1.82) is 0 Å². The van der Waals surface area contributed by atoms with E-state index < -0.39 is 24.2 Å². The summed E-state index contributed by atoms with van der Waals surface area (Å²) in [4.78, 5) is 25.1. The number of β-amino-alcohol motifs (C(OH)–C–C–N with tert-alkyl or cyclic N) is 1. The number of fused-ring (bicyclic) bond motifs is 3. The normalized spacial score (nSPS) is 21.4. The van der Waals surface area contributed by atoms with Crippen molar-refractivity contribution < 1.29 is 24.5 Å². The Hall–Kier alpha value is -2.86. The first-order valence-electron chi connectivity index (χ1n) is 9.08. The lowest BCUT2D eigenvalue weighted by molar-refractivity contribution is -0.145. The van der Waals surface area contributed by atoms with Gasteiger partial charge in [0.2, 0.25) is 0 Å². The number of carboxylic acid groups (broad SMARTS) is 1. The number of carbonyl (C=O) groups is 2. The van der Waals surface area contributed by atoms with Crippen LogP contribution in [-0.4, -0.2) is 52.5 Å². The first-order valence-corrected chi connectivity index (χ1v) is 9.08. The molecule has 1 fully saturated rings. The molecule has 0 unspecified atom stereocenters. The fraction of sp³-hybridized carbons (Fsp3) is 0.333. The van der Waals surface area contributed by atoms with E-state index in [9.17, 15) is 19.8 Å². The zero-order valence-corrected chi connectivity index (χ0v) is 14.7. The van der Waals surface area contributed by atoms with Gasteiger partial charge in [0.1, 0.15) is 12.6 Å². The molecule has 1 aliphatic heterocycles. The van der Waals surface area contributed by atoms with Crippen LogP contribution in [0.25, 0.3) is 11.1 Å². The van der Waals surface area contributed by atoms with Gasteiger partial charge in [-0.15, -0.1) is 0 Å². The summed E-state index contributed by atoms with van der Waals surface area (Å²) in [6, 6.07) is 15.1. The molecular weight excluding hydrogens is 346 g/mol. The Labute approximate surface area is 157 Å². The maximum Gasteiger partial charge on any atom is 0.410 e. The van der Waals surface area contributed by atoms with Crippen LogP contribution in [0.15, 0.2) is 48.5 Å². The number of hydrogen-bond acceptors (Lipinski definition) is 4. The molecule has 0 spiro atoms. The Bertz CT molecular complexity index is 835. The summed E-state index contributed by atoms with van der Waals surface area (Å²) in [5, 5.41) is 19.2. The number of aliphatic carboxylic acids is 1. The molecular formula is C21H21NO5. The van der Waals surface area contributed by atoms with Crippen molar-refractivity contribution in [2.45, 2.75) is 30.9 Å². The Morgan fingerprint density at radius 1 is 1.00 bits per heavy atom. The molecule has 1 saturated heterocycles. The summed E-state index contributed by atoms with van der Waals surface area (Å²) in [6.45, 7) is 0.111. The van der Waals surface area contributed by atoms with Crippen molar-refractivity contribution in [3.8, 4) is 11.1 Å². The highest BCUT2D eigenvalue weighted by Gasteiger charge is 2.37. The zero-order chi connectivity index (χ0) is 19.0. The van der Waals surface area contributed by atoms with Crippen LogP contribution in [0.5, 0.6) is 0 Å². The minimum atomic E-state index is -1.07. The maximum absolute atomic E-state index is 12.6. The van der Waals surface area contributed by atoms with E-state index in [0.29, 0.717) is 6.42 Å². The smallest absolute Gasteiger partial charge is 0.410 e. The predicted octanol–water partition coefficient (Wildman–Crippen LogP) is 2.85. The molecule has 6 nitrogen and oxygen atoms in total. The number of piperidine rings is 1. The first kappa shape index (κ1) is 17.5.